The Hall–Kier alpha value is -2.79. The minimum absolute atomic E-state index is 0.160. The Balaban J connectivity index is 1.91. The zero-order valence-electron chi connectivity index (χ0n) is 13.6. The van der Waals surface area contributed by atoms with E-state index in [-0.39, 0.29) is 6.61 Å². The Labute approximate surface area is 141 Å². The van der Waals surface area contributed by atoms with Gasteiger partial charge in [0, 0.05) is 42.7 Å². The number of benzene rings is 1. The summed E-state index contributed by atoms with van der Waals surface area (Å²) in [5.74, 6) is 1.46. The number of aliphatic hydroxyl groups excluding tert-OH is 1. The van der Waals surface area contributed by atoms with E-state index in [1.165, 1.54) is 0 Å². The molecule has 0 aliphatic rings. The predicted molar refractivity (Wildman–Crippen MR) is 95.6 cm³/mol. The smallest absolute Gasteiger partial charge is 0.130 e. The quantitative estimate of drug-likeness (QED) is 0.682. The van der Waals surface area contributed by atoms with Crippen LogP contribution in [-0.2, 0) is 0 Å². The number of aliphatic hydroxyl groups is 1. The molecule has 0 aliphatic carbocycles. The molecule has 1 aromatic carbocycles. The lowest BCUT2D eigenvalue weighted by Gasteiger charge is -2.09. The van der Waals surface area contributed by atoms with Gasteiger partial charge < -0.3 is 10.4 Å². The molecule has 0 bridgehead atoms. The Kier molecular flexibility index (Phi) is 5.13. The van der Waals surface area contributed by atoms with Crippen molar-refractivity contribution in [2.24, 2.45) is 0 Å². The van der Waals surface area contributed by atoms with Crippen LogP contribution in [0, 0.1) is 6.92 Å². The SMILES string of the molecule is Cc1nc(NCCCO)cc(-c2cncc(-c3ccccc3)c2)n1. The molecule has 24 heavy (non-hydrogen) atoms. The lowest BCUT2D eigenvalue weighted by Crippen LogP contribution is -2.06. The van der Waals surface area contributed by atoms with Crippen LogP contribution < -0.4 is 5.32 Å². The van der Waals surface area contributed by atoms with Gasteiger partial charge in [0.05, 0.1) is 5.69 Å². The van der Waals surface area contributed by atoms with Gasteiger partial charge in [-0.25, -0.2) is 9.97 Å². The van der Waals surface area contributed by atoms with E-state index in [1.807, 2.05) is 43.6 Å². The molecule has 2 heterocycles. The molecule has 122 valence electrons. The molecule has 0 aliphatic heterocycles. The van der Waals surface area contributed by atoms with Gasteiger partial charge in [0.25, 0.3) is 0 Å². The van der Waals surface area contributed by atoms with Crippen molar-refractivity contribution in [3.05, 3.63) is 60.7 Å². The molecule has 0 fully saturated rings. The third kappa shape index (κ3) is 3.94. The molecule has 3 aromatic rings. The Bertz CT molecular complexity index is 805. The van der Waals surface area contributed by atoms with Crippen molar-refractivity contribution in [3.8, 4) is 22.4 Å². The first-order chi connectivity index (χ1) is 11.8. The van der Waals surface area contributed by atoms with Crippen LogP contribution in [0.15, 0.2) is 54.9 Å². The van der Waals surface area contributed by atoms with E-state index >= 15 is 0 Å². The highest BCUT2D eigenvalue weighted by molar-refractivity contribution is 5.70. The third-order valence-electron chi connectivity index (χ3n) is 3.62. The highest BCUT2D eigenvalue weighted by Crippen LogP contribution is 2.25. The standard InChI is InChI=1S/C19H20N4O/c1-14-22-18(11-19(23-14)21-8-5-9-24)17-10-16(12-20-13-17)15-6-3-2-4-7-15/h2-4,6-7,10-13,24H,5,8-9H2,1H3,(H,21,22,23). The van der Waals surface area contributed by atoms with Crippen LogP contribution in [0.5, 0.6) is 0 Å². The van der Waals surface area contributed by atoms with Gasteiger partial charge in [-0.3, -0.25) is 4.98 Å². The number of rotatable bonds is 6. The summed E-state index contributed by atoms with van der Waals surface area (Å²) in [5.41, 5.74) is 3.96. The van der Waals surface area contributed by atoms with Crippen LogP contribution in [0.2, 0.25) is 0 Å². The van der Waals surface area contributed by atoms with E-state index in [1.54, 1.807) is 0 Å². The molecular formula is C19H20N4O. The molecule has 0 saturated carbocycles. The molecule has 5 heteroatoms. The van der Waals surface area contributed by atoms with Crippen LogP contribution in [0.4, 0.5) is 5.82 Å². The van der Waals surface area contributed by atoms with Crippen molar-refractivity contribution >= 4 is 5.82 Å². The largest absolute Gasteiger partial charge is 0.396 e. The van der Waals surface area contributed by atoms with Crippen LogP contribution in [-0.4, -0.2) is 33.2 Å². The maximum Gasteiger partial charge on any atom is 0.130 e. The average Bonchev–Trinajstić information content (AvgIpc) is 2.62. The van der Waals surface area contributed by atoms with Crippen LogP contribution in [0.25, 0.3) is 22.4 Å². The minimum atomic E-state index is 0.160. The van der Waals surface area contributed by atoms with Crippen LogP contribution in [0.3, 0.4) is 0 Å². The number of nitrogens with one attached hydrogen (secondary N) is 1. The maximum atomic E-state index is 8.89. The second-order valence-electron chi connectivity index (χ2n) is 5.52. The zero-order valence-corrected chi connectivity index (χ0v) is 13.6. The summed E-state index contributed by atoms with van der Waals surface area (Å²) in [7, 11) is 0. The zero-order chi connectivity index (χ0) is 16.8. The first-order valence-corrected chi connectivity index (χ1v) is 7.97. The molecule has 0 radical (unpaired) electrons. The molecule has 0 atom stereocenters. The number of aryl methyl sites for hydroxylation is 1. The van der Waals surface area contributed by atoms with E-state index in [0.717, 1.165) is 28.2 Å². The number of hydrogen-bond donors (Lipinski definition) is 2. The summed E-state index contributed by atoms with van der Waals surface area (Å²) >= 11 is 0. The fourth-order valence-corrected chi connectivity index (χ4v) is 2.47. The predicted octanol–water partition coefficient (Wildman–Crippen LogP) is 3.31. The Morgan fingerprint density at radius 1 is 0.958 bits per heavy atom. The third-order valence-corrected chi connectivity index (χ3v) is 3.62. The van der Waals surface area contributed by atoms with Gasteiger partial charge in [-0.15, -0.1) is 0 Å². The highest BCUT2D eigenvalue weighted by Gasteiger charge is 2.07. The average molecular weight is 320 g/mol. The number of pyridine rings is 1. The second kappa shape index (κ2) is 7.66. The molecule has 3 rings (SSSR count). The van der Waals surface area contributed by atoms with Crippen molar-refractivity contribution in [3.63, 3.8) is 0 Å². The van der Waals surface area contributed by atoms with Crippen molar-refractivity contribution in [2.75, 3.05) is 18.5 Å². The lowest BCUT2D eigenvalue weighted by molar-refractivity contribution is 0.292. The van der Waals surface area contributed by atoms with Crippen molar-refractivity contribution in [1.29, 1.82) is 0 Å². The summed E-state index contributed by atoms with van der Waals surface area (Å²) in [4.78, 5) is 13.3. The molecule has 2 N–H and O–H groups in total. The minimum Gasteiger partial charge on any atom is -0.396 e. The summed E-state index contributed by atoms with van der Waals surface area (Å²) in [6, 6.07) is 14.2. The van der Waals surface area contributed by atoms with Gasteiger partial charge >= 0.3 is 0 Å². The topological polar surface area (TPSA) is 70.9 Å². The van der Waals surface area contributed by atoms with Crippen LogP contribution in [0.1, 0.15) is 12.2 Å². The first kappa shape index (κ1) is 16.1. The van der Waals surface area contributed by atoms with E-state index in [4.69, 9.17) is 5.11 Å². The van der Waals surface area contributed by atoms with Crippen LogP contribution >= 0.6 is 0 Å². The first-order valence-electron chi connectivity index (χ1n) is 7.97. The van der Waals surface area contributed by atoms with Gasteiger partial charge in [0.2, 0.25) is 0 Å². The van der Waals surface area contributed by atoms with Crippen molar-refractivity contribution < 1.29 is 5.11 Å². The van der Waals surface area contributed by atoms with E-state index < -0.39 is 0 Å². The van der Waals surface area contributed by atoms with E-state index in [2.05, 4.69) is 38.5 Å². The van der Waals surface area contributed by atoms with Gasteiger partial charge in [-0.2, -0.15) is 0 Å². The van der Waals surface area contributed by atoms with Gasteiger partial charge in [-0.1, -0.05) is 30.3 Å². The second-order valence-corrected chi connectivity index (χ2v) is 5.52. The molecule has 0 saturated heterocycles. The number of anilines is 1. The van der Waals surface area contributed by atoms with E-state index in [9.17, 15) is 0 Å². The Morgan fingerprint density at radius 2 is 1.75 bits per heavy atom. The highest BCUT2D eigenvalue weighted by atomic mass is 16.3. The lowest BCUT2D eigenvalue weighted by atomic mass is 10.0. The molecular weight excluding hydrogens is 300 g/mol. The van der Waals surface area contributed by atoms with Gasteiger partial charge in [0.15, 0.2) is 0 Å². The molecule has 0 spiro atoms. The van der Waals surface area contributed by atoms with Gasteiger partial charge in [0.1, 0.15) is 11.6 Å². The normalized spacial score (nSPS) is 10.6. The fourth-order valence-electron chi connectivity index (χ4n) is 2.47. The number of aromatic nitrogens is 3. The number of nitrogens with zero attached hydrogens (tertiary/aromatic N) is 3. The maximum absolute atomic E-state index is 8.89. The van der Waals surface area contributed by atoms with Gasteiger partial charge in [-0.05, 0) is 25.0 Å². The molecule has 5 nitrogen and oxygen atoms in total. The monoisotopic (exact) mass is 320 g/mol. The summed E-state index contributed by atoms with van der Waals surface area (Å²) < 4.78 is 0. The molecule has 0 amide bonds. The summed E-state index contributed by atoms with van der Waals surface area (Å²) in [6.45, 7) is 2.71. The van der Waals surface area contributed by atoms with Crippen molar-refractivity contribution in [2.45, 2.75) is 13.3 Å². The van der Waals surface area contributed by atoms with E-state index in [0.29, 0.717) is 18.8 Å². The molecule has 2 aromatic heterocycles. The summed E-state index contributed by atoms with van der Waals surface area (Å²) in [5, 5.41) is 12.1. The van der Waals surface area contributed by atoms with Crippen molar-refractivity contribution in [1.82, 2.24) is 15.0 Å². The number of hydrogen-bond acceptors (Lipinski definition) is 5. The summed E-state index contributed by atoms with van der Waals surface area (Å²) in [6.07, 6.45) is 4.35. The fraction of sp³-hybridized carbons (Fsp3) is 0.211. The molecule has 0 unspecified atom stereocenters. The Morgan fingerprint density at radius 3 is 2.54 bits per heavy atom.